The van der Waals surface area contributed by atoms with Crippen LogP contribution in [-0.4, -0.2) is 36.1 Å². The molecule has 18 heavy (non-hydrogen) atoms. The van der Waals surface area contributed by atoms with Gasteiger partial charge in [-0.15, -0.1) is 0 Å². The zero-order valence-electron chi connectivity index (χ0n) is 11.8. The molecule has 1 heterocycles. The molecule has 104 valence electrons. The van der Waals surface area contributed by atoms with Gasteiger partial charge in [-0.05, 0) is 19.9 Å². The van der Waals surface area contributed by atoms with E-state index in [4.69, 9.17) is 16.3 Å². The molecular weight excluding hydrogens is 250 g/mol. The molecule has 5 heteroatoms. The third-order valence-corrected chi connectivity index (χ3v) is 3.43. The van der Waals surface area contributed by atoms with Crippen molar-refractivity contribution in [3.05, 3.63) is 16.4 Å². The number of methoxy groups -OCH3 is 1. The molecule has 0 amide bonds. The van der Waals surface area contributed by atoms with Gasteiger partial charge in [0.05, 0.1) is 23.0 Å². The Morgan fingerprint density at radius 1 is 1.39 bits per heavy atom. The third kappa shape index (κ3) is 3.70. The van der Waals surface area contributed by atoms with E-state index in [1.165, 1.54) is 0 Å². The van der Waals surface area contributed by atoms with Crippen LogP contribution in [0.5, 0.6) is 0 Å². The van der Waals surface area contributed by atoms with Crippen LogP contribution in [0.3, 0.4) is 0 Å². The summed E-state index contributed by atoms with van der Waals surface area (Å²) in [5.74, 6) is 0. The first-order valence-corrected chi connectivity index (χ1v) is 7.01. The maximum atomic E-state index is 6.40. The average Bonchev–Trinajstić information content (AvgIpc) is 2.67. The number of aryl methyl sites for hydroxylation is 2. The van der Waals surface area contributed by atoms with E-state index in [0.717, 1.165) is 42.3 Å². The second-order valence-electron chi connectivity index (χ2n) is 4.29. The van der Waals surface area contributed by atoms with Crippen LogP contribution in [0.15, 0.2) is 0 Å². The minimum atomic E-state index is 0.282. The topological polar surface area (TPSA) is 39.1 Å². The molecule has 0 saturated heterocycles. The molecule has 0 bridgehead atoms. The molecule has 0 aliphatic heterocycles. The lowest BCUT2D eigenvalue weighted by Gasteiger charge is -2.17. The number of halogens is 1. The molecule has 0 aliphatic carbocycles. The standard InChI is InChI=1S/C13H24ClN3O/c1-5-11-13(14)12(17(7-3)16-11)8-10(9-18-4)15-6-2/h10,15H,5-9H2,1-4H3. The molecule has 0 fully saturated rings. The molecular formula is C13H24ClN3O. The van der Waals surface area contributed by atoms with Crippen LogP contribution in [-0.2, 0) is 24.1 Å². The van der Waals surface area contributed by atoms with Crippen LogP contribution in [0, 0.1) is 0 Å². The highest BCUT2D eigenvalue weighted by Crippen LogP contribution is 2.23. The second kappa shape index (κ2) is 7.77. The molecule has 1 unspecified atom stereocenters. The normalized spacial score (nSPS) is 12.9. The van der Waals surface area contributed by atoms with E-state index in [2.05, 4.69) is 31.2 Å². The highest BCUT2D eigenvalue weighted by molar-refractivity contribution is 6.31. The fourth-order valence-electron chi connectivity index (χ4n) is 2.13. The summed E-state index contributed by atoms with van der Waals surface area (Å²) in [7, 11) is 1.72. The van der Waals surface area contributed by atoms with Gasteiger partial charge in [-0.3, -0.25) is 4.68 Å². The molecule has 1 N–H and O–H groups in total. The zero-order valence-corrected chi connectivity index (χ0v) is 12.5. The van der Waals surface area contributed by atoms with Crippen molar-refractivity contribution in [3.63, 3.8) is 0 Å². The van der Waals surface area contributed by atoms with Gasteiger partial charge in [0.1, 0.15) is 0 Å². The smallest absolute Gasteiger partial charge is 0.0850 e. The fraction of sp³-hybridized carbons (Fsp3) is 0.769. The fourth-order valence-corrected chi connectivity index (χ4v) is 2.47. The van der Waals surface area contributed by atoms with Crippen molar-refractivity contribution in [1.29, 1.82) is 0 Å². The molecule has 1 rings (SSSR count). The summed E-state index contributed by atoms with van der Waals surface area (Å²) >= 11 is 6.40. The molecule has 4 nitrogen and oxygen atoms in total. The van der Waals surface area contributed by atoms with Gasteiger partial charge in [0, 0.05) is 26.1 Å². The first-order chi connectivity index (χ1) is 8.67. The second-order valence-corrected chi connectivity index (χ2v) is 4.67. The Labute approximate surface area is 115 Å². The first-order valence-electron chi connectivity index (χ1n) is 6.64. The van der Waals surface area contributed by atoms with E-state index in [1.807, 2.05) is 4.68 Å². The Hall–Kier alpha value is -0.580. The minimum absolute atomic E-state index is 0.282. The van der Waals surface area contributed by atoms with Crippen molar-refractivity contribution < 1.29 is 4.74 Å². The SMILES string of the molecule is CCNC(COC)Cc1c(Cl)c(CC)nn1CC. The number of nitrogens with zero attached hydrogens (tertiary/aromatic N) is 2. The Morgan fingerprint density at radius 3 is 2.61 bits per heavy atom. The van der Waals surface area contributed by atoms with Gasteiger partial charge < -0.3 is 10.1 Å². The van der Waals surface area contributed by atoms with Gasteiger partial charge in [0.15, 0.2) is 0 Å². The van der Waals surface area contributed by atoms with Crippen molar-refractivity contribution in [2.45, 2.75) is 46.2 Å². The number of hydrogen-bond acceptors (Lipinski definition) is 3. The predicted octanol–water partition coefficient (Wildman–Crippen LogP) is 2.29. The van der Waals surface area contributed by atoms with Crippen molar-refractivity contribution in [2.75, 3.05) is 20.3 Å². The van der Waals surface area contributed by atoms with Crippen molar-refractivity contribution >= 4 is 11.6 Å². The summed E-state index contributed by atoms with van der Waals surface area (Å²) in [6.07, 6.45) is 1.72. The summed E-state index contributed by atoms with van der Waals surface area (Å²) in [4.78, 5) is 0. The van der Waals surface area contributed by atoms with Crippen molar-refractivity contribution in [3.8, 4) is 0 Å². The van der Waals surface area contributed by atoms with Gasteiger partial charge in [-0.1, -0.05) is 25.4 Å². The lowest BCUT2D eigenvalue weighted by Crippen LogP contribution is -2.35. The number of rotatable bonds is 8. The first kappa shape index (κ1) is 15.5. The quantitative estimate of drug-likeness (QED) is 0.790. The summed E-state index contributed by atoms with van der Waals surface area (Å²) in [6.45, 7) is 8.71. The Morgan fingerprint density at radius 2 is 2.11 bits per heavy atom. The van der Waals surface area contributed by atoms with Crippen LogP contribution in [0.1, 0.15) is 32.2 Å². The van der Waals surface area contributed by atoms with E-state index in [0.29, 0.717) is 6.61 Å². The molecule has 0 aromatic carbocycles. The number of likely N-dealkylation sites (N-methyl/N-ethyl adjacent to an activating group) is 1. The van der Waals surface area contributed by atoms with Crippen LogP contribution >= 0.6 is 11.6 Å². The Bertz CT molecular complexity index is 359. The van der Waals surface area contributed by atoms with Crippen LogP contribution in [0.25, 0.3) is 0 Å². The molecule has 0 aliphatic rings. The maximum Gasteiger partial charge on any atom is 0.0850 e. The van der Waals surface area contributed by atoms with E-state index < -0.39 is 0 Å². The molecule has 1 aromatic heterocycles. The highest BCUT2D eigenvalue weighted by Gasteiger charge is 2.18. The molecule has 0 radical (unpaired) electrons. The number of ether oxygens (including phenoxy) is 1. The van der Waals surface area contributed by atoms with Gasteiger partial charge in [-0.25, -0.2) is 0 Å². The monoisotopic (exact) mass is 273 g/mol. The number of nitrogens with one attached hydrogen (secondary N) is 1. The van der Waals surface area contributed by atoms with E-state index in [1.54, 1.807) is 7.11 Å². The van der Waals surface area contributed by atoms with E-state index in [9.17, 15) is 0 Å². The summed E-state index contributed by atoms with van der Waals surface area (Å²) in [6, 6.07) is 0.282. The summed E-state index contributed by atoms with van der Waals surface area (Å²) < 4.78 is 7.24. The predicted molar refractivity (Wildman–Crippen MR) is 75.3 cm³/mol. The Kier molecular flexibility index (Phi) is 6.68. The zero-order chi connectivity index (χ0) is 13.5. The minimum Gasteiger partial charge on any atom is -0.383 e. The average molecular weight is 274 g/mol. The van der Waals surface area contributed by atoms with E-state index >= 15 is 0 Å². The van der Waals surface area contributed by atoms with Crippen LogP contribution < -0.4 is 5.32 Å². The Balaban J connectivity index is 2.89. The van der Waals surface area contributed by atoms with Gasteiger partial charge in [-0.2, -0.15) is 5.10 Å². The molecule has 1 aromatic rings. The molecule has 0 spiro atoms. The maximum absolute atomic E-state index is 6.40. The van der Waals surface area contributed by atoms with Crippen molar-refractivity contribution in [2.24, 2.45) is 0 Å². The van der Waals surface area contributed by atoms with Crippen LogP contribution in [0.2, 0.25) is 5.02 Å². The lowest BCUT2D eigenvalue weighted by molar-refractivity contribution is 0.166. The number of hydrogen-bond donors (Lipinski definition) is 1. The van der Waals surface area contributed by atoms with Crippen LogP contribution in [0.4, 0.5) is 0 Å². The van der Waals surface area contributed by atoms with Gasteiger partial charge in [0.25, 0.3) is 0 Å². The molecule has 0 saturated carbocycles. The largest absolute Gasteiger partial charge is 0.383 e. The summed E-state index contributed by atoms with van der Waals surface area (Å²) in [5, 5.41) is 8.77. The van der Waals surface area contributed by atoms with Gasteiger partial charge >= 0.3 is 0 Å². The lowest BCUT2D eigenvalue weighted by atomic mass is 10.1. The highest BCUT2D eigenvalue weighted by atomic mass is 35.5. The van der Waals surface area contributed by atoms with Gasteiger partial charge in [0.2, 0.25) is 0 Å². The molecule has 1 atom stereocenters. The third-order valence-electron chi connectivity index (χ3n) is 2.99. The van der Waals surface area contributed by atoms with Crippen molar-refractivity contribution in [1.82, 2.24) is 15.1 Å². The summed E-state index contributed by atoms with van der Waals surface area (Å²) in [5.41, 5.74) is 2.10. The van der Waals surface area contributed by atoms with E-state index in [-0.39, 0.29) is 6.04 Å². The number of aromatic nitrogens is 2.